The van der Waals surface area contributed by atoms with Crippen molar-refractivity contribution in [1.82, 2.24) is 0 Å². The van der Waals surface area contributed by atoms with Gasteiger partial charge < -0.3 is 19.9 Å². The molecule has 0 aliphatic heterocycles. The summed E-state index contributed by atoms with van der Waals surface area (Å²) in [6.07, 6.45) is -0.246. The third kappa shape index (κ3) is 5.40. The van der Waals surface area contributed by atoms with Crippen LogP contribution in [0.25, 0.3) is 0 Å². The summed E-state index contributed by atoms with van der Waals surface area (Å²) in [5.74, 6) is 1.02. The molecule has 1 aromatic carbocycles. The maximum Gasteiger partial charge on any atom is 0.412 e. The van der Waals surface area contributed by atoms with Gasteiger partial charge >= 0.3 is 6.09 Å². The molecule has 7 heteroatoms. The van der Waals surface area contributed by atoms with Crippen molar-refractivity contribution in [2.45, 2.75) is 32.8 Å². The van der Waals surface area contributed by atoms with Crippen molar-refractivity contribution >= 4 is 29.0 Å². The molecule has 6 nitrogen and oxygen atoms in total. The van der Waals surface area contributed by atoms with Gasteiger partial charge in [0.15, 0.2) is 11.5 Å². The predicted octanol–water partition coefficient (Wildman–Crippen LogP) is 2.88. The van der Waals surface area contributed by atoms with Crippen LogP contribution >= 0.6 is 12.2 Å². The number of methoxy groups -OCH3 is 2. The molecule has 0 radical (unpaired) electrons. The highest BCUT2D eigenvalue weighted by molar-refractivity contribution is 7.80. The van der Waals surface area contributed by atoms with E-state index in [2.05, 4.69) is 5.32 Å². The first-order valence-corrected chi connectivity index (χ1v) is 7.10. The zero-order chi connectivity index (χ0) is 16.9. The molecule has 0 heterocycles. The van der Waals surface area contributed by atoms with E-state index in [-0.39, 0.29) is 0 Å². The molecule has 0 unspecified atom stereocenters. The Balaban J connectivity index is 3.14. The average Bonchev–Trinajstić information content (AvgIpc) is 2.37. The molecule has 0 aromatic heterocycles. The van der Waals surface area contributed by atoms with Gasteiger partial charge in [-0.15, -0.1) is 0 Å². The largest absolute Gasteiger partial charge is 0.493 e. The molecular formula is C15H22N2O4S. The monoisotopic (exact) mass is 326 g/mol. The van der Waals surface area contributed by atoms with Crippen molar-refractivity contribution in [3.05, 3.63) is 17.7 Å². The molecule has 0 aliphatic carbocycles. The summed E-state index contributed by atoms with van der Waals surface area (Å²) in [5, 5.41) is 2.69. The second-order valence-corrected chi connectivity index (χ2v) is 6.16. The van der Waals surface area contributed by atoms with Crippen molar-refractivity contribution in [3.8, 4) is 11.5 Å². The summed E-state index contributed by atoms with van der Waals surface area (Å²) in [6.45, 7) is 5.37. The Labute approximate surface area is 135 Å². The van der Waals surface area contributed by atoms with Gasteiger partial charge in [-0.3, -0.25) is 5.32 Å². The first-order valence-electron chi connectivity index (χ1n) is 6.69. The van der Waals surface area contributed by atoms with Crippen LogP contribution in [-0.2, 0) is 11.2 Å². The summed E-state index contributed by atoms with van der Waals surface area (Å²) in [6, 6.07) is 3.38. The van der Waals surface area contributed by atoms with Gasteiger partial charge in [0.05, 0.1) is 24.9 Å². The number of benzene rings is 1. The van der Waals surface area contributed by atoms with E-state index in [1.165, 1.54) is 14.2 Å². The summed E-state index contributed by atoms with van der Waals surface area (Å²) in [7, 11) is 3.05. The first kappa shape index (κ1) is 18.0. The van der Waals surface area contributed by atoms with E-state index in [9.17, 15) is 4.79 Å². The van der Waals surface area contributed by atoms with Gasteiger partial charge in [0.2, 0.25) is 0 Å². The van der Waals surface area contributed by atoms with Gasteiger partial charge in [0, 0.05) is 12.5 Å². The van der Waals surface area contributed by atoms with Crippen LogP contribution in [0.4, 0.5) is 10.5 Å². The van der Waals surface area contributed by atoms with Crippen LogP contribution in [0.15, 0.2) is 12.1 Å². The molecule has 1 amide bonds. The SMILES string of the molecule is COc1cc(CC(N)=S)c(NC(=O)OC(C)(C)C)cc1OC. The van der Waals surface area contributed by atoms with E-state index in [1.54, 1.807) is 32.9 Å². The lowest BCUT2D eigenvalue weighted by Crippen LogP contribution is -2.27. The molecule has 1 aromatic rings. The minimum Gasteiger partial charge on any atom is -0.493 e. The number of amides is 1. The fraction of sp³-hybridized carbons (Fsp3) is 0.467. The number of carbonyl (C=O) groups excluding carboxylic acids is 1. The molecule has 0 spiro atoms. The Kier molecular flexibility index (Phi) is 5.99. The van der Waals surface area contributed by atoms with E-state index in [0.29, 0.717) is 28.6 Å². The molecule has 22 heavy (non-hydrogen) atoms. The molecule has 0 bridgehead atoms. The molecule has 0 aliphatic rings. The van der Waals surface area contributed by atoms with E-state index in [0.717, 1.165) is 5.56 Å². The zero-order valence-corrected chi connectivity index (χ0v) is 14.3. The smallest absolute Gasteiger partial charge is 0.412 e. The molecule has 3 N–H and O–H groups in total. The Bertz CT molecular complexity index is 567. The van der Waals surface area contributed by atoms with Crippen molar-refractivity contribution < 1.29 is 19.0 Å². The van der Waals surface area contributed by atoms with Crippen LogP contribution in [0.3, 0.4) is 0 Å². The number of anilines is 1. The molecule has 0 atom stereocenters. The summed E-state index contributed by atoms with van der Waals surface area (Å²) >= 11 is 4.94. The minimum atomic E-state index is -0.593. The fourth-order valence-corrected chi connectivity index (χ4v) is 1.94. The predicted molar refractivity (Wildman–Crippen MR) is 89.9 cm³/mol. The number of hydrogen-bond acceptors (Lipinski definition) is 5. The van der Waals surface area contributed by atoms with Gasteiger partial charge in [-0.2, -0.15) is 0 Å². The van der Waals surface area contributed by atoms with Gasteiger partial charge in [-0.05, 0) is 32.4 Å². The highest BCUT2D eigenvalue weighted by Gasteiger charge is 2.19. The maximum absolute atomic E-state index is 12.0. The normalized spacial score (nSPS) is 10.8. The number of rotatable bonds is 5. The molecule has 0 saturated carbocycles. The second-order valence-electron chi connectivity index (χ2n) is 5.63. The molecule has 0 fully saturated rings. The van der Waals surface area contributed by atoms with E-state index in [1.807, 2.05) is 0 Å². The lowest BCUT2D eigenvalue weighted by Gasteiger charge is -2.21. The zero-order valence-electron chi connectivity index (χ0n) is 13.5. The molecular weight excluding hydrogens is 304 g/mol. The van der Waals surface area contributed by atoms with Gasteiger partial charge in [0.25, 0.3) is 0 Å². The lowest BCUT2D eigenvalue weighted by atomic mass is 10.1. The van der Waals surface area contributed by atoms with Crippen molar-refractivity contribution in [3.63, 3.8) is 0 Å². The second kappa shape index (κ2) is 7.31. The van der Waals surface area contributed by atoms with Gasteiger partial charge in [0.1, 0.15) is 5.60 Å². The van der Waals surface area contributed by atoms with Crippen molar-refractivity contribution in [1.29, 1.82) is 0 Å². The quantitative estimate of drug-likeness (QED) is 0.810. The number of ether oxygens (including phenoxy) is 3. The minimum absolute atomic E-state index is 0.305. The van der Waals surface area contributed by atoms with Crippen LogP contribution in [0, 0.1) is 0 Å². The lowest BCUT2D eigenvalue weighted by molar-refractivity contribution is 0.0636. The third-order valence-electron chi connectivity index (χ3n) is 2.61. The van der Waals surface area contributed by atoms with Crippen molar-refractivity contribution in [2.75, 3.05) is 19.5 Å². The molecule has 1 rings (SSSR count). The van der Waals surface area contributed by atoms with Crippen LogP contribution in [0.5, 0.6) is 11.5 Å². The highest BCUT2D eigenvalue weighted by Crippen LogP contribution is 2.34. The average molecular weight is 326 g/mol. The van der Waals surface area contributed by atoms with E-state index < -0.39 is 11.7 Å². The maximum atomic E-state index is 12.0. The third-order valence-corrected chi connectivity index (χ3v) is 2.75. The Morgan fingerprint density at radius 3 is 2.23 bits per heavy atom. The summed E-state index contributed by atoms with van der Waals surface area (Å²) in [4.78, 5) is 12.3. The van der Waals surface area contributed by atoms with Crippen LogP contribution in [0.2, 0.25) is 0 Å². The number of thiocarbonyl (C=S) groups is 1. The number of nitrogens with two attached hydrogens (primary N) is 1. The first-order chi connectivity index (χ1) is 10.2. The number of carbonyl (C=O) groups is 1. The fourth-order valence-electron chi connectivity index (χ4n) is 1.78. The summed E-state index contributed by atoms with van der Waals surface area (Å²) in [5.41, 5.74) is 6.24. The number of hydrogen-bond donors (Lipinski definition) is 2. The topological polar surface area (TPSA) is 82.8 Å². The van der Waals surface area contributed by atoms with Gasteiger partial charge in [-0.25, -0.2) is 4.79 Å². The van der Waals surface area contributed by atoms with Crippen LogP contribution < -0.4 is 20.5 Å². The molecule has 0 saturated heterocycles. The van der Waals surface area contributed by atoms with Crippen molar-refractivity contribution in [2.24, 2.45) is 5.73 Å². The standard InChI is InChI=1S/C15H22N2O4S/c1-15(2,3)21-14(18)17-10-8-12(20-5)11(19-4)6-9(10)7-13(16)22/h6,8H,7H2,1-5H3,(H2,16,22)(H,17,18). The van der Waals surface area contributed by atoms with Crippen LogP contribution in [0.1, 0.15) is 26.3 Å². The Morgan fingerprint density at radius 2 is 1.77 bits per heavy atom. The van der Waals surface area contributed by atoms with E-state index in [4.69, 9.17) is 32.2 Å². The highest BCUT2D eigenvalue weighted by atomic mass is 32.1. The van der Waals surface area contributed by atoms with Crippen LogP contribution in [-0.4, -0.2) is 30.9 Å². The van der Waals surface area contributed by atoms with Gasteiger partial charge in [-0.1, -0.05) is 12.2 Å². The Morgan fingerprint density at radius 1 is 1.23 bits per heavy atom. The molecule has 122 valence electrons. The Hall–Kier alpha value is -2.02. The van der Waals surface area contributed by atoms with E-state index >= 15 is 0 Å². The summed E-state index contributed by atoms with van der Waals surface area (Å²) < 4.78 is 15.7. The number of nitrogens with one attached hydrogen (secondary N) is 1.